The minimum Gasteiger partial charge on any atom is -0.391 e. The van der Waals surface area contributed by atoms with E-state index in [1.54, 1.807) is 16.6 Å². The molecular weight excluding hydrogens is 372 g/mol. The molecule has 1 aliphatic rings. The number of anilines is 2. The molecule has 3 aromatic heterocycles. The predicted octanol–water partition coefficient (Wildman–Crippen LogP) is 4.02. The number of halogens is 1. The van der Waals surface area contributed by atoms with E-state index in [-0.39, 0.29) is 18.1 Å². The van der Waals surface area contributed by atoms with Gasteiger partial charge in [-0.2, -0.15) is 0 Å². The highest BCUT2D eigenvalue weighted by Gasteiger charge is 2.23. The molecule has 0 radical (unpaired) electrons. The molecule has 3 heterocycles. The van der Waals surface area contributed by atoms with Gasteiger partial charge in [-0.1, -0.05) is 24.4 Å². The molecule has 1 fully saturated rings. The number of amides is 1. The Bertz CT molecular complexity index is 938. The smallest absolute Gasteiger partial charge is 0.274 e. The van der Waals surface area contributed by atoms with Crippen molar-refractivity contribution in [1.82, 2.24) is 9.61 Å². The highest BCUT2D eigenvalue weighted by Crippen LogP contribution is 2.28. The summed E-state index contributed by atoms with van der Waals surface area (Å²) in [6.45, 7) is 0. The Morgan fingerprint density at radius 1 is 1.23 bits per heavy atom. The van der Waals surface area contributed by atoms with Gasteiger partial charge in [0.05, 0.1) is 23.3 Å². The largest absolute Gasteiger partial charge is 0.391 e. The zero-order valence-corrected chi connectivity index (χ0v) is 15.6. The molecule has 6 nitrogen and oxygen atoms in total. The van der Waals surface area contributed by atoms with E-state index >= 15 is 0 Å². The molecule has 2 atom stereocenters. The second-order valence-electron chi connectivity index (χ2n) is 6.44. The summed E-state index contributed by atoms with van der Waals surface area (Å²) in [7, 11) is 0. The van der Waals surface area contributed by atoms with Gasteiger partial charge in [0.2, 0.25) is 0 Å². The van der Waals surface area contributed by atoms with Gasteiger partial charge in [0.15, 0.2) is 0 Å². The summed E-state index contributed by atoms with van der Waals surface area (Å²) in [5, 5.41) is 22.6. The lowest BCUT2D eigenvalue weighted by Gasteiger charge is -2.28. The number of carbonyl (C=O) groups is 1. The highest BCUT2D eigenvalue weighted by molar-refractivity contribution is 7.15. The molecule has 0 aliphatic heterocycles. The maximum Gasteiger partial charge on any atom is 0.274 e. The lowest BCUT2D eigenvalue weighted by atomic mass is 9.93. The topological polar surface area (TPSA) is 78.7 Å². The first-order valence-electron chi connectivity index (χ1n) is 8.59. The number of carbonyl (C=O) groups excluding carboxylic acids is 1. The molecule has 1 saturated carbocycles. The predicted molar refractivity (Wildman–Crippen MR) is 104 cm³/mol. The average Bonchev–Trinajstić information content (AvgIpc) is 3.23. The lowest BCUT2D eigenvalue weighted by molar-refractivity contribution is 0.102. The number of aliphatic hydroxyl groups is 1. The van der Waals surface area contributed by atoms with Crippen LogP contribution in [0.2, 0.25) is 4.34 Å². The highest BCUT2D eigenvalue weighted by atomic mass is 35.5. The van der Waals surface area contributed by atoms with E-state index < -0.39 is 0 Å². The monoisotopic (exact) mass is 390 g/mol. The van der Waals surface area contributed by atoms with Crippen molar-refractivity contribution in [3.05, 3.63) is 45.7 Å². The minimum atomic E-state index is -0.366. The van der Waals surface area contributed by atoms with Gasteiger partial charge in [-0.25, -0.2) is 4.52 Å². The maximum atomic E-state index is 12.6. The van der Waals surface area contributed by atoms with Crippen LogP contribution in [0.1, 0.15) is 36.2 Å². The summed E-state index contributed by atoms with van der Waals surface area (Å²) in [6, 6.07) is 9.11. The molecule has 1 amide bonds. The summed E-state index contributed by atoms with van der Waals surface area (Å²) in [4.78, 5) is 12.6. The molecule has 0 bridgehead atoms. The molecule has 3 aromatic rings. The second-order valence-corrected chi connectivity index (χ2v) is 7.96. The third kappa shape index (κ3) is 3.42. The number of rotatable bonds is 4. The van der Waals surface area contributed by atoms with Crippen molar-refractivity contribution in [2.24, 2.45) is 0 Å². The molecular formula is C18H19ClN4O2S. The molecule has 0 spiro atoms. The van der Waals surface area contributed by atoms with Crippen LogP contribution in [0.3, 0.4) is 0 Å². The number of aromatic nitrogens is 2. The van der Waals surface area contributed by atoms with Gasteiger partial charge in [-0.15, -0.1) is 16.4 Å². The van der Waals surface area contributed by atoms with E-state index in [2.05, 4.69) is 15.7 Å². The Morgan fingerprint density at radius 2 is 2.04 bits per heavy atom. The van der Waals surface area contributed by atoms with Crippen LogP contribution < -0.4 is 10.6 Å². The Morgan fingerprint density at radius 3 is 2.81 bits per heavy atom. The van der Waals surface area contributed by atoms with Gasteiger partial charge in [-0.3, -0.25) is 4.79 Å². The van der Waals surface area contributed by atoms with Crippen LogP contribution in [0.15, 0.2) is 35.7 Å². The van der Waals surface area contributed by atoms with Gasteiger partial charge in [-0.05, 0) is 48.6 Å². The average molecular weight is 391 g/mol. The van der Waals surface area contributed by atoms with Crippen LogP contribution in [0.5, 0.6) is 0 Å². The normalized spacial score (nSPS) is 20.2. The Balaban J connectivity index is 1.58. The summed E-state index contributed by atoms with van der Waals surface area (Å²) in [5.41, 5.74) is 1.84. The third-order valence-corrected chi connectivity index (χ3v) is 5.84. The maximum absolute atomic E-state index is 12.6. The number of hydrogen-bond donors (Lipinski definition) is 3. The molecule has 136 valence electrons. The summed E-state index contributed by atoms with van der Waals surface area (Å²) in [5.74, 6) is 0.370. The van der Waals surface area contributed by atoms with Crippen molar-refractivity contribution in [3.8, 4) is 0 Å². The van der Waals surface area contributed by atoms with Crippen molar-refractivity contribution in [3.63, 3.8) is 0 Å². The number of fused-ring (bicyclic) bond motifs is 1. The Hall–Kier alpha value is -2.09. The molecule has 1 aliphatic carbocycles. The molecule has 0 aromatic carbocycles. The molecule has 0 unspecified atom stereocenters. The van der Waals surface area contributed by atoms with E-state index in [0.717, 1.165) is 31.2 Å². The first-order valence-corrected chi connectivity index (χ1v) is 9.85. The van der Waals surface area contributed by atoms with Crippen molar-refractivity contribution in [2.45, 2.75) is 37.8 Å². The summed E-state index contributed by atoms with van der Waals surface area (Å²) in [6.07, 6.45) is 3.50. The van der Waals surface area contributed by atoms with Gasteiger partial charge in [0.1, 0.15) is 15.8 Å². The lowest BCUT2D eigenvalue weighted by Crippen LogP contribution is -2.36. The van der Waals surface area contributed by atoms with Gasteiger partial charge < -0.3 is 15.7 Å². The van der Waals surface area contributed by atoms with Gasteiger partial charge in [0.25, 0.3) is 5.91 Å². The van der Waals surface area contributed by atoms with Crippen LogP contribution in [0, 0.1) is 0 Å². The SMILES string of the molecule is O=C(Nc1ccsc1Cl)c1ccc2ccc(N[C@@H]3CCCC[C@@H]3O)nn12. The van der Waals surface area contributed by atoms with E-state index in [1.807, 2.05) is 23.6 Å². The van der Waals surface area contributed by atoms with E-state index in [9.17, 15) is 9.90 Å². The van der Waals surface area contributed by atoms with Crippen molar-refractivity contribution < 1.29 is 9.90 Å². The first kappa shape index (κ1) is 17.3. The Kier molecular flexibility index (Phi) is 4.84. The zero-order chi connectivity index (χ0) is 18.1. The fourth-order valence-corrected chi connectivity index (χ4v) is 4.11. The van der Waals surface area contributed by atoms with Crippen LogP contribution in [0.4, 0.5) is 11.5 Å². The standard InChI is InChI=1S/C18H19ClN4O2S/c19-17-13(9-10-26-17)21-18(25)14-7-5-11-6-8-16(22-23(11)14)20-12-3-1-2-4-15(12)24/h5-10,12,15,24H,1-4H2,(H,20,22)(H,21,25)/t12-,15+/m1/s1. The van der Waals surface area contributed by atoms with Crippen molar-refractivity contribution >= 4 is 45.9 Å². The summed E-state index contributed by atoms with van der Waals surface area (Å²) >= 11 is 7.42. The minimum absolute atomic E-state index is 0.00819. The van der Waals surface area contributed by atoms with E-state index in [1.165, 1.54) is 11.3 Å². The van der Waals surface area contributed by atoms with Crippen LogP contribution in [-0.4, -0.2) is 32.8 Å². The molecule has 8 heteroatoms. The van der Waals surface area contributed by atoms with Gasteiger partial charge in [0, 0.05) is 0 Å². The third-order valence-electron chi connectivity index (χ3n) is 4.67. The fraction of sp³-hybridized carbons (Fsp3) is 0.333. The Labute approximate surface area is 159 Å². The summed E-state index contributed by atoms with van der Waals surface area (Å²) < 4.78 is 2.15. The zero-order valence-electron chi connectivity index (χ0n) is 14.0. The molecule has 3 N–H and O–H groups in total. The first-order chi connectivity index (χ1) is 12.6. The van der Waals surface area contributed by atoms with Crippen molar-refractivity contribution in [2.75, 3.05) is 10.6 Å². The number of nitrogens with zero attached hydrogens (tertiary/aromatic N) is 2. The molecule has 26 heavy (non-hydrogen) atoms. The van der Waals surface area contributed by atoms with E-state index in [0.29, 0.717) is 21.5 Å². The number of nitrogens with one attached hydrogen (secondary N) is 2. The van der Waals surface area contributed by atoms with Crippen LogP contribution in [-0.2, 0) is 0 Å². The second kappa shape index (κ2) is 7.26. The fourth-order valence-electron chi connectivity index (χ4n) is 3.27. The van der Waals surface area contributed by atoms with Gasteiger partial charge >= 0.3 is 0 Å². The van der Waals surface area contributed by atoms with Crippen molar-refractivity contribution in [1.29, 1.82) is 0 Å². The number of hydrogen-bond acceptors (Lipinski definition) is 5. The van der Waals surface area contributed by atoms with Crippen LogP contribution in [0.25, 0.3) is 5.52 Å². The van der Waals surface area contributed by atoms with E-state index in [4.69, 9.17) is 11.6 Å². The molecule has 4 rings (SSSR count). The van der Waals surface area contributed by atoms with Crippen LogP contribution >= 0.6 is 22.9 Å². The number of thiophene rings is 1. The molecule has 0 saturated heterocycles. The number of aliphatic hydroxyl groups excluding tert-OH is 1. The quantitative estimate of drug-likeness (QED) is 0.628.